The van der Waals surface area contributed by atoms with Crippen LogP contribution in [0.2, 0.25) is 30.1 Å². The third-order valence-electron chi connectivity index (χ3n) is 20.5. The van der Waals surface area contributed by atoms with Crippen LogP contribution < -0.4 is 40.8 Å². The van der Waals surface area contributed by atoms with Crippen LogP contribution in [0.4, 0.5) is 4.79 Å². The smallest absolute Gasteiger partial charge is 0.326 e. The molecule has 0 spiro atoms. The van der Waals surface area contributed by atoms with Crippen molar-refractivity contribution >= 4 is 135 Å². The van der Waals surface area contributed by atoms with E-state index in [1.807, 2.05) is 57.5 Å². The van der Waals surface area contributed by atoms with Crippen molar-refractivity contribution in [3.8, 4) is 0 Å². The molecule has 6 aromatic carbocycles. The lowest BCUT2D eigenvalue weighted by Crippen LogP contribution is -2.56. The number of fused-ring (bicyclic) bond motifs is 3. The largest absolute Gasteiger partial charge is 0.481 e. The first-order chi connectivity index (χ1) is 57.7. The Balaban J connectivity index is 0.730. The van der Waals surface area contributed by atoms with Crippen LogP contribution in [0.15, 0.2) is 124 Å². The summed E-state index contributed by atoms with van der Waals surface area (Å²) in [5, 5.41) is 35.4. The van der Waals surface area contributed by atoms with Gasteiger partial charge in [-0.3, -0.25) is 19.2 Å². The number of urea groups is 1. The van der Waals surface area contributed by atoms with Crippen LogP contribution in [0, 0.1) is 0 Å². The minimum Gasteiger partial charge on any atom is -0.481 e. The standard InChI is InChI=1S/C81H103Cl6N11O20S3/c1-96-47-65(62-40-56(82)43-71(85)68(62)50-96)53-7-4-10-59(37-53)119(107,108)91-22-28-116-34-31-113-25-19-88-75(99)13-16-81(95-80(106)94-74(79(104)105)46-78(102)103,17-14-76(100)89-20-26-114-32-35-117-29-23-92-120(109,110)60-11-5-8-54(38-60)66-48-97(2)51-69-63(66)41-57(83)44-72(69)86)18-15-77(101)90-21-27-115-33-36-118-30-24-93-121(111,112)61-12-6-9-55(39-61)67-49-98(3)52-70-64(67)42-58(84)45-73(70)87/h4-12,37-45,65-67,74,91-93H,13-36,46-52H2,1-3H3,(H,88,99)(H,89,100)(H,90,101)(H,102,103)(H,104,105)(H2,94,95,106). The Bertz CT molecular complexity index is 4500. The number of hydrogen-bond donors (Lipinski definition) is 10. The van der Waals surface area contributed by atoms with Crippen LogP contribution in [-0.2, 0) is 102 Å². The van der Waals surface area contributed by atoms with Gasteiger partial charge in [-0.15, -0.1) is 0 Å². The number of benzene rings is 6. The molecule has 0 aromatic heterocycles. The summed E-state index contributed by atoms with van der Waals surface area (Å²) < 4.78 is 122. The number of carboxylic acids is 2. The zero-order valence-electron chi connectivity index (χ0n) is 67.2. The van der Waals surface area contributed by atoms with E-state index in [0.717, 1.165) is 50.1 Å². The molecule has 0 radical (unpaired) electrons. The first-order valence-electron chi connectivity index (χ1n) is 39.3. The van der Waals surface area contributed by atoms with Crippen molar-refractivity contribution in [1.29, 1.82) is 0 Å². The van der Waals surface area contributed by atoms with Crippen LogP contribution in [0.3, 0.4) is 0 Å². The van der Waals surface area contributed by atoms with Crippen LogP contribution in [0.1, 0.15) is 113 Å². The van der Waals surface area contributed by atoms with E-state index >= 15 is 0 Å². The molecule has 31 nitrogen and oxygen atoms in total. The average molecular weight is 1860 g/mol. The van der Waals surface area contributed by atoms with Crippen LogP contribution in [-0.4, -0.2) is 257 Å². The predicted molar refractivity (Wildman–Crippen MR) is 459 cm³/mol. The van der Waals surface area contributed by atoms with Crippen molar-refractivity contribution in [1.82, 2.24) is 55.4 Å². The summed E-state index contributed by atoms with van der Waals surface area (Å²) in [4.78, 5) is 85.1. The van der Waals surface area contributed by atoms with Crippen molar-refractivity contribution in [3.05, 3.63) is 189 Å². The number of rotatable bonds is 50. The molecule has 4 unspecified atom stereocenters. The molecule has 3 heterocycles. The number of nitrogens with one attached hydrogen (secondary N) is 8. The summed E-state index contributed by atoms with van der Waals surface area (Å²) in [6, 6.07) is 27.6. The average Bonchev–Trinajstić information content (AvgIpc) is 0.780. The van der Waals surface area contributed by atoms with Crippen molar-refractivity contribution in [2.24, 2.45) is 0 Å². The van der Waals surface area contributed by atoms with Gasteiger partial charge in [0.1, 0.15) is 6.04 Å². The first-order valence-corrected chi connectivity index (χ1v) is 46.0. The van der Waals surface area contributed by atoms with E-state index in [2.05, 4.69) is 55.4 Å². The Hall–Kier alpha value is -6.95. The fourth-order valence-corrected chi connectivity index (χ4v) is 19.4. The molecule has 0 saturated heterocycles. The summed E-state index contributed by atoms with van der Waals surface area (Å²) in [6.07, 6.45) is -2.70. The summed E-state index contributed by atoms with van der Waals surface area (Å²) in [5.74, 6) is -5.41. The van der Waals surface area contributed by atoms with Crippen molar-refractivity contribution in [2.75, 3.05) is 159 Å². The minimum absolute atomic E-state index is 0.00348. The second kappa shape index (κ2) is 47.4. The van der Waals surface area contributed by atoms with Gasteiger partial charge in [0.25, 0.3) is 0 Å². The molecule has 0 fully saturated rings. The highest BCUT2D eigenvalue weighted by Crippen LogP contribution is 2.43. The van der Waals surface area contributed by atoms with Crippen LogP contribution in [0.25, 0.3) is 0 Å². The number of hydrogen-bond acceptors (Lipinski definition) is 21. The van der Waals surface area contributed by atoms with Crippen LogP contribution in [0.5, 0.6) is 0 Å². The first kappa shape index (κ1) is 97.9. The molecule has 5 amide bonds. The predicted octanol–water partition coefficient (Wildman–Crippen LogP) is 8.33. The molecular weight excluding hydrogens is 1760 g/mol. The lowest BCUT2D eigenvalue weighted by Gasteiger charge is -2.35. The highest BCUT2D eigenvalue weighted by Gasteiger charge is 2.37. The molecule has 6 aromatic rings. The molecule has 662 valence electrons. The highest BCUT2D eigenvalue weighted by atomic mass is 35.5. The van der Waals surface area contributed by atoms with E-state index in [9.17, 15) is 64.2 Å². The maximum absolute atomic E-state index is 13.8. The zero-order chi connectivity index (χ0) is 87.4. The fourth-order valence-electron chi connectivity index (χ4n) is 14.5. The van der Waals surface area contributed by atoms with Crippen LogP contribution >= 0.6 is 69.6 Å². The minimum atomic E-state index is -3.95. The number of halogens is 6. The highest BCUT2D eigenvalue weighted by molar-refractivity contribution is 7.90. The number of sulfonamides is 3. The lowest BCUT2D eigenvalue weighted by atomic mass is 9.83. The fraction of sp³-hybridized carbons (Fsp3) is 0.481. The number of aliphatic carboxylic acids is 2. The maximum Gasteiger partial charge on any atom is 0.326 e. The topological polar surface area (TPSA) is 407 Å². The second-order valence-electron chi connectivity index (χ2n) is 29.6. The Kier molecular flexibility index (Phi) is 38.3. The van der Waals surface area contributed by atoms with Gasteiger partial charge < -0.3 is 79.9 Å². The van der Waals surface area contributed by atoms with E-state index in [0.29, 0.717) is 69.4 Å². The molecular formula is C81H103Cl6N11O20S3. The summed E-state index contributed by atoms with van der Waals surface area (Å²) in [5.41, 5.74) is 6.30. The van der Waals surface area contributed by atoms with Gasteiger partial charge in [0.05, 0.1) is 100 Å². The van der Waals surface area contributed by atoms with Gasteiger partial charge >= 0.3 is 18.0 Å². The quantitative estimate of drug-likeness (QED) is 0.0160. The number of carbonyl (C=O) groups is 6. The Morgan fingerprint density at radius 1 is 0.421 bits per heavy atom. The molecule has 10 N–H and O–H groups in total. The van der Waals surface area contributed by atoms with Gasteiger partial charge in [0, 0.05) is 151 Å². The van der Waals surface area contributed by atoms with E-state index in [1.54, 1.807) is 54.6 Å². The molecule has 0 aliphatic carbocycles. The normalized spacial score (nSPS) is 16.6. The summed E-state index contributed by atoms with van der Waals surface area (Å²) in [7, 11) is -5.97. The lowest BCUT2D eigenvalue weighted by molar-refractivity contribution is -0.145. The van der Waals surface area contributed by atoms with Gasteiger partial charge in [-0.25, -0.2) is 49.0 Å². The molecule has 3 aliphatic heterocycles. The number of carboxylic acid groups (broad SMARTS) is 2. The number of ether oxygens (including phenoxy) is 6. The van der Waals surface area contributed by atoms with E-state index in [-0.39, 0.29) is 190 Å². The molecule has 0 bridgehead atoms. The molecule has 4 atom stereocenters. The summed E-state index contributed by atoms with van der Waals surface area (Å²) in [6.45, 7) is 3.95. The molecule has 0 saturated carbocycles. The van der Waals surface area contributed by atoms with E-state index in [4.69, 9.17) is 98.0 Å². The molecule has 9 rings (SSSR count). The van der Waals surface area contributed by atoms with E-state index in [1.165, 1.54) is 18.2 Å². The van der Waals surface area contributed by atoms with Gasteiger partial charge in [-0.1, -0.05) is 106 Å². The number of likely N-dealkylation sites (N-methyl/N-ethyl adjacent to an activating group) is 3. The van der Waals surface area contributed by atoms with Gasteiger partial charge in [0.2, 0.25) is 47.8 Å². The number of nitrogens with zero attached hydrogens (tertiary/aromatic N) is 3. The van der Waals surface area contributed by atoms with Gasteiger partial charge in [-0.05, 0) is 163 Å². The molecule has 40 heteroatoms. The Labute approximate surface area is 735 Å². The third-order valence-corrected chi connectivity index (χ3v) is 26.5. The van der Waals surface area contributed by atoms with Gasteiger partial charge in [-0.2, -0.15) is 0 Å². The number of amides is 5. The second-order valence-corrected chi connectivity index (χ2v) is 37.4. The monoisotopic (exact) mass is 1860 g/mol. The third kappa shape index (κ3) is 30.4. The maximum atomic E-state index is 13.8. The van der Waals surface area contributed by atoms with Crippen molar-refractivity contribution < 1.29 is 92.7 Å². The Morgan fingerprint density at radius 3 is 0.992 bits per heavy atom. The van der Waals surface area contributed by atoms with Gasteiger partial charge in [0.15, 0.2) is 0 Å². The molecule has 3 aliphatic rings. The van der Waals surface area contributed by atoms with Crippen molar-refractivity contribution in [2.45, 2.75) is 109 Å². The van der Waals surface area contributed by atoms with E-state index < -0.39 is 83.8 Å². The SMILES string of the molecule is CN1Cc2c(Cl)cc(Cl)cc2C(c2cccc(S(=O)(=O)NCCOCCOCCNC(=O)CCC(CCC(=O)NCCOCCOCCNS(=O)(=O)c3cccc(C4CN(C)Cc5c(Cl)cc(Cl)cc54)c3)(CCC(=O)NCCOCCOCCNS(=O)(=O)c3cccc(C4CN(C)Cc5c(Cl)cc(Cl)cc54)c3)NC(=O)NC(CC(=O)O)C(=O)O)c2)C1. The Morgan fingerprint density at radius 2 is 0.711 bits per heavy atom. The number of carbonyl (C=O) groups excluding carboxylic acids is 4. The molecule has 121 heavy (non-hydrogen) atoms. The zero-order valence-corrected chi connectivity index (χ0v) is 74.2. The summed E-state index contributed by atoms with van der Waals surface area (Å²) >= 11 is 38.9. The van der Waals surface area contributed by atoms with Crippen molar-refractivity contribution in [3.63, 3.8) is 0 Å².